The van der Waals surface area contributed by atoms with Crippen LogP contribution < -0.4 is 0 Å². The monoisotopic (exact) mass is 393 g/mol. The Hall–Kier alpha value is -1.41. The van der Waals surface area contributed by atoms with Gasteiger partial charge in [0.1, 0.15) is 0 Å². The number of aromatic nitrogens is 3. The molecule has 0 fully saturated rings. The molecule has 0 aliphatic rings. The van der Waals surface area contributed by atoms with Crippen molar-refractivity contribution in [1.29, 1.82) is 0 Å². The van der Waals surface area contributed by atoms with Gasteiger partial charge in [-0.25, -0.2) is 0 Å². The molecule has 0 radical (unpaired) electrons. The van der Waals surface area contributed by atoms with Gasteiger partial charge in [-0.15, -0.1) is 10.2 Å². The number of aliphatic hydroxyl groups excluding tert-OH is 1. The Balaban J connectivity index is 2.15. The first-order valence-electron chi connectivity index (χ1n) is 7.04. The van der Waals surface area contributed by atoms with Crippen LogP contribution in [0.25, 0.3) is 16.5 Å². The Labute approximate surface area is 146 Å². The molecule has 0 saturated carbocycles. The molecular weight excluding hydrogens is 378 g/mol. The molecule has 7 heteroatoms. The van der Waals surface area contributed by atoms with Gasteiger partial charge in [-0.1, -0.05) is 48.2 Å². The largest absolute Gasteiger partial charge is 0.367 e. The summed E-state index contributed by atoms with van der Waals surface area (Å²) >= 11 is 4.70. The van der Waals surface area contributed by atoms with Gasteiger partial charge >= 0.3 is 0 Å². The summed E-state index contributed by atoms with van der Waals surface area (Å²) in [6.07, 6.45) is -1.47. The number of halogens is 1. The molecule has 5 nitrogen and oxygen atoms in total. The summed E-state index contributed by atoms with van der Waals surface area (Å²) in [6, 6.07) is 14.1. The first kappa shape index (κ1) is 16.4. The average Bonchev–Trinajstić information content (AvgIpc) is 2.86. The number of hydrogen-bond acceptors (Lipinski definition) is 5. The van der Waals surface area contributed by atoms with Crippen LogP contribution in [0.5, 0.6) is 0 Å². The van der Waals surface area contributed by atoms with E-state index in [4.69, 9.17) is 0 Å². The van der Waals surface area contributed by atoms with Crippen molar-refractivity contribution in [1.82, 2.24) is 14.8 Å². The third kappa shape index (κ3) is 3.14. The smallest absolute Gasteiger partial charge is 0.205 e. The highest BCUT2D eigenvalue weighted by atomic mass is 79.9. The quantitative estimate of drug-likeness (QED) is 0.525. The van der Waals surface area contributed by atoms with E-state index >= 15 is 0 Å². The SMILES string of the molecule is CC(C)(Sc1nnc(Br)n1-c1cccc2ccccc12)C(O)O. The molecule has 0 bridgehead atoms. The summed E-state index contributed by atoms with van der Waals surface area (Å²) in [5, 5.41) is 30.1. The van der Waals surface area contributed by atoms with Crippen molar-refractivity contribution >= 4 is 38.5 Å². The summed E-state index contributed by atoms with van der Waals surface area (Å²) < 4.78 is 1.63. The second-order valence-corrected chi connectivity index (χ2v) is 8.00. The van der Waals surface area contributed by atoms with Gasteiger partial charge in [0.2, 0.25) is 4.73 Å². The van der Waals surface area contributed by atoms with E-state index < -0.39 is 11.0 Å². The lowest BCUT2D eigenvalue weighted by molar-refractivity contribution is -0.0606. The minimum Gasteiger partial charge on any atom is -0.367 e. The van der Waals surface area contributed by atoms with E-state index in [1.807, 2.05) is 47.0 Å². The minimum absolute atomic E-state index is 0.569. The summed E-state index contributed by atoms with van der Waals surface area (Å²) in [6.45, 7) is 3.50. The third-order valence-corrected chi connectivity index (χ3v) is 5.27. The lowest BCUT2D eigenvalue weighted by Crippen LogP contribution is -2.32. The molecule has 0 amide bonds. The van der Waals surface area contributed by atoms with E-state index in [2.05, 4.69) is 26.1 Å². The fourth-order valence-electron chi connectivity index (χ4n) is 2.21. The summed E-state index contributed by atoms with van der Waals surface area (Å²) in [7, 11) is 0. The first-order chi connectivity index (χ1) is 10.9. The van der Waals surface area contributed by atoms with Crippen LogP contribution in [0.1, 0.15) is 13.8 Å². The van der Waals surface area contributed by atoms with Crippen LogP contribution >= 0.6 is 27.7 Å². The number of nitrogens with zero attached hydrogens (tertiary/aromatic N) is 3. The fourth-order valence-corrected chi connectivity index (χ4v) is 3.70. The normalized spacial score (nSPS) is 12.3. The first-order valence-corrected chi connectivity index (χ1v) is 8.65. The van der Waals surface area contributed by atoms with Crippen LogP contribution in [-0.2, 0) is 0 Å². The minimum atomic E-state index is -1.47. The van der Waals surface area contributed by atoms with E-state index in [0.717, 1.165) is 16.5 Å². The molecular formula is C16H16BrN3O2S. The Morgan fingerprint density at radius 1 is 1.09 bits per heavy atom. The molecule has 1 heterocycles. The van der Waals surface area contributed by atoms with Crippen molar-refractivity contribution in [3.8, 4) is 5.69 Å². The van der Waals surface area contributed by atoms with Crippen molar-refractivity contribution in [3.63, 3.8) is 0 Å². The molecule has 0 spiro atoms. The molecule has 0 saturated heterocycles. The maximum absolute atomic E-state index is 9.55. The van der Waals surface area contributed by atoms with E-state index in [1.165, 1.54) is 11.8 Å². The fraction of sp³-hybridized carbons (Fsp3) is 0.250. The molecule has 0 unspecified atom stereocenters. The highest BCUT2D eigenvalue weighted by Gasteiger charge is 2.30. The molecule has 2 N–H and O–H groups in total. The van der Waals surface area contributed by atoms with E-state index in [1.54, 1.807) is 13.8 Å². The van der Waals surface area contributed by atoms with E-state index in [-0.39, 0.29) is 0 Å². The van der Waals surface area contributed by atoms with Crippen molar-refractivity contribution in [2.24, 2.45) is 0 Å². The van der Waals surface area contributed by atoms with Crippen LogP contribution in [0.15, 0.2) is 52.4 Å². The van der Waals surface area contributed by atoms with Gasteiger partial charge in [0.25, 0.3) is 0 Å². The Morgan fingerprint density at radius 2 is 1.78 bits per heavy atom. The van der Waals surface area contributed by atoms with Crippen LogP contribution in [0, 0.1) is 0 Å². The average molecular weight is 394 g/mol. The number of benzene rings is 2. The number of hydrogen-bond donors (Lipinski definition) is 2. The maximum Gasteiger partial charge on any atom is 0.205 e. The van der Waals surface area contributed by atoms with Crippen LogP contribution in [0.3, 0.4) is 0 Å². The highest BCUT2D eigenvalue weighted by molar-refractivity contribution is 9.10. The number of fused-ring (bicyclic) bond motifs is 1. The summed E-state index contributed by atoms with van der Waals surface area (Å²) in [4.78, 5) is 0. The van der Waals surface area contributed by atoms with Gasteiger partial charge in [-0.05, 0) is 41.2 Å². The third-order valence-electron chi connectivity index (χ3n) is 3.58. The number of thioether (sulfide) groups is 1. The topological polar surface area (TPSA) is 71.2 Å². The lowest BCUT2D eigenvalue weighted by atomic mass is 10.1. The van der Waals surface area contributed by atoms with Gasteiger partial charge in [-0.2, -0.15) is 0 Å². The Bertz CT molecular complexity index is 843. The predicted octanol–water partition coefficient (Wildman–Crippen LogP) is 3.36. The maximum atomic E-state index is 9.55. The zero-order valence-electron chi connectivity index (χ0n) is 12.6. The Kier molecular flexibility index (Phi) is 4.46. The van der Waals surface area contributed by atoms with E-state index in [9.17, 15) is 10.2 Å². The second-order valence-electron chi connectivity index (χ2n) is 5.66. The zero-order chi connectivity index (χ0) is 16.6. The standard InChI is InChI=1S/C16H16BrN3O2S/c1-16(2,13(21)22)23-15-19-18-14(17)20(15)12-9-5-7-10-6-3-4-8-11(10)12/h3-9,13,21-22H,1-2H3. The highest BCUT2D eigenvalue weighted by Crippen LogP contribution is 2.37. The molecule has 1 aromatic heterocycles. The van der Waals surface area contributed by atoms with Crippen LogP contribution in [-0.4, -0.2) is 36.0 Å². The molecule has 2 aromatic carbocycles. The van der Waals surface area contributed by atoms with Crippen LogP contribution in [0.4, 0.5) is 0 Å². The molecule has 120 valence electrons. The van der Waals surface area contributed by atoms with Gasteiger partial charge in [0.15, 0.2) is 11.4 Å². The van der Waals surface area contributed by atoms with Crippen LogP contribution in [0.2, 0.25) is 0 Å². The van der Waals surface area contributed by atoms with Crippen molar-refractivity contribution in [3.05, 3.63) is 47.2 Å². The zero-order valence-corrected chi connectivity index (χ0v) is 15.0. The molecule has 0 aliphatic heterocycles. The lowest BCUT2D eigenvalue weighted by Gasteiger charge is -2.25. The number of aliphatic hydroxyl groups is 2. The van der Waals surface area contributed by atoms with Crippen molar-refractivity contribution in [2.45, 2.75) is 30.0 Å². The summed E-state index contributed by atoms with van der Waals surface area (Å²) in [5.41, 5.74) is 0.936. The van der Waals surface area contributed by atoms with Gasteiger partial charge < -0.3 is 10.2 Å². The second kappa shape index (κ2) is 6.24. The van der Waals surface area contributed by atoms with Gasteiger partial charge in [-0.3, -0.25) is 4.57 Å². The predicted molar refractivity (Wildman–Crippen MR) is 94.7 cm³/mol. The number of rotatable bonds is 4. The molecule has 3 rings (SSSR count). The molecule has 0 aliphatic carbocycles. The van der Waals surface area contributed by atoms with Gasteiger partial charge in [0.05, 0.1) is 10.4 Å². The molecule has 3 aromatic rings. The van der Waals surface area contributed by atoms with Crippen molar-refractivity contribution in [2.75, 3.05) is 0 Å². The Morgan fingerprint density at radius 3 is 2.52 bits per heavy atom. The van der Waals surface area contributed by atoms with E-state index in [0.29, 0.717) is 9.89 Å². The summed E-state index contributed by atoms with van der Waals surface area (Å²) in [5.74, 6) is 0. The molecule has 0 atom stereocenters. The van der Waals surface area contributed by atoms with Crippen molar-refractivity contribution < 1.29 is 10.2 Å². The molecule has 23 heavy (non-hydrogen) atoms. The van der Waals surface area contributed by atoms with Gasteiger partial charge in [0, 0.05) is 5.39 Å².